The zero-order valence-electron chi connectivity index (χ0n) is 8.90. The van der Waals surface area contributed by atoms with Crippen molar-refractivity contribution in [2.45, 2.75) is 25.5 Å². The van der Waals surface area contributed by atoms with E-state index in [-0.39, 0.29) is 12.0 Å². The summed E-state index contributed by atoms with van der Waals surface area (Å²) in [4.78, 5) is 0. The van der Waals surface area contributed by atoms with Gasteiger partial charge in [-0.2, -0.15) is 5.10 Å². The van der Waals surface area contributed by atoms with Crippen molar-refractivity contribution in [1.82, 2.24) is 9.78 Å². The maximum atomic E-state index is 13.0. The molecule has 1 aliphatic rings. The first kappa shape index (κ1) is 9.78. The summed E-state index contributed by atoms with van der Waals surface area (Å²) >= 11 is 0. The molecule has 2 heterocycles. The van der Waals surface area contributed by atoms with Crippen LogP contribution in [0.25, 0.3) is 10.9 Å². The van der Waals surface area contributed by atoms with Crippen molar-refractivity contribution in [3.8, 4) is 0 Å². The van der Waals surface area contributed by atoms with Crippen LogP contribution in [0.2, 0.25) is 0 Å². The number of aromatic nitrogens is 2. The lowest BCUT2D eigenvalue weighted by atomic mass is 10.2. The van der Waals surface area contributed by atoms with E-state index in [1.54, 1.807) is 6.07 Å². The molecule has 1 aromatic heterocycles. The minimum Gasteiger partial charge on any atom is -0.357 e. The van der Waals surface area contributed by atoms with E-state index < -0.39 is 0 Å². The Morgan fingerprint density at radius 1 is 1.38 bits per heavy atom. The molecule has 0 spiro atoms. The standard InChI is InChI=1S/C12H13FN2O/c13-10-5-4-9-8-15(14-11(9)7-10)12-3-1-2-6-16-12/h4-5,7-8,12H,1-3,6H2. The number of halogens is 1. The highest BCUT2D eigenvalue weighted by atomic mass is 19.1. The second-order valence-electron chi connectivity index (χ2n) is 4.13. The number of rotatable bonds is 1. The van der Waals surface area contributed by atoms with Crippen LogP contribution in [0.15, 0.2) is 24.4 Å². The van der Waals surface area contributed by atoms with E-state index in [2.05, 4.69) is 5.10 Å². The van der Waals surface area contributed by atoms with Gasteiger partial charge in [0.2, 0.25) is 0 Å². The van der Waals surface area contributed by atoms with Gasteiger partial charge in [0.05, 0.1) is 5.52 Å². The smallest absolute Gasteiger partial charge is 0.150 e. The van der Waals surface area contributed by atoms with Crippen LogP contribution in [0.5, 0.6) is 0 Å². The highest BCUT2D eigenvalue weighted by molar-refractivity contribution is 5.77. The molecule has 3 nitrogen and oxygen atoms in total. The SMILES string of the molecule is Fc1ccc2cn(C3CCCCO3)nc2c1. The maximum Gasteiger partial charge on any atom is 0.150 e. The van der Waals surface area contributed by atoms with Crippen molar-refractivity contribution < 1.29 is 9.13 Å². The fourth-order valence-electron chi connectivity index (χ4n) is 2.09. The van der Waals surface area contributed by atoms with Crippen molar-refractivity contribution in [3.63, 3.8) is 0 Å². The van der Waals surface area contributed by atoms with Crippen LogP contribution in [0.1, 0.15) is 25.5 Å². The zero-order valence-corrected chi connectivity index (χ0v) is 8.90. The number of nitrogens with zero attached hydrogens (tertiary/aromatic N) is 2. The number of ether oxygens (including phenoxy) is 1. The number of hydrogen-bond acceptors (Lipinski definition) is 2. The van der Waals surface area contributed by atoms with E-state index in [0.29, 0.717) is 5.52 Å². The fraction of sp³-hybridized carbons (Fsp3) is 0.417. The van der Waals surface area contributed by atoms with Crippen LogP contribution < -0.4 is 0 Å². The lowest BCUT2D eigenvalue weighted by Crippen LogP contribution is -2.18. The molecule has 1 saturated heterocycles. The first-order chi connectivity index (χ1) is 7.83. The van der Waals surface area contributed by atoms with Crippen LogP contribution in [0, 0.1) is 5.82 Å². The van der Waals surface area contributed by atoms with E-state index in [0.717, 1.165) is 31.3 Å². The summed E-state index contributed by atoms with van der Waals surface area (Å²) in [5.74, 6) is -0.248. The third kappa shape index (κ3) is 1.69. The Hall–Kier alpha value is -1.42. The summed E-state index contributed by atoms with van der Waals surface area (Å²) in [5.41, 5.74) is 0.689. The Kier molecular flexibility index (Phi) is 2.36. The Bertz CT molecular complexity index is 503. The fourth-order valence-corrected chi connectivity index (χ4v) is 2.09. The molecule has 1 fully saturated rings. The summed E-state index contributed by atoms with van der Waals surface area (Å²) < 4.78 is 20.4. The van der Waals surface area contributed by atoms with E-state index >= 15 is 0 Å². The molecule has 0 amide bonds. The average molecular weight is 220 g/mol. The highest BCUT2D eigenvalue weighted by Gasteiger charge is 2.16. The summed E-state index contributed by atoms with van der Waals surface area (Å²) in [6, 6.07) is 4.65. The highest BCUT2D eigenvalue weighted by Crippen LogP contribution is 2.24. The van der Waals surface area contributed by atoms with Crippen molar-refractivity contribution in [1.29, 1.82) is 0 Å². The summed E-state index contributed by atoms with van der Waals surface area (Å²) in [5, 5.41) is 5.30. The number of fused-ring (bicyclic) bond motifs is 1. The van der Waals surface area contributed by atoms with Gasteiger partial charge in [-0.05, 0) is 31.4 Å². The van der Waals surface area contributed by atoms with Crippen molar-refractivity contribution in [2.75, 3.05) is 6.61 Å². The number of benzene rings is 1. The quantitative estimate of drug-likeness (QED) is 0.738. The van der Waals surface area contributed by atoms with E-state index in [9.17, 15) is 4.39 Å². The van der Waals surface area contributed by atoms with Crippen LogP contribution in [-0.4, -0.2) is 16.4 Å². The normalized spacial score (nSPS) is 21.4. The van der Waals surface area contributed by atoms with Gasteiger partial charge in [0.25, 0.3) is 0 Å². The first-order valence-electron chi connectivity index (χ1n) is 5.59. The predicted molar refractivity (Wildman–Crippen MR) is 58.5 cm³/mol. The molecular formula is C12H13FN2O. The van der Waals surface area contributed by atoms with Crippen LogP contribution in [-0.2, 0) is 4.74 Å². The van der Waals surface area contributed by atoms with Gasteiger partial charge in [-0.25, -0.2) is 9.07 Å². The largest absolute Gasteiger partial charge is 0.357 e. The molecule has 0 N–H and O–H groups in total. The third-order valence-electron chi connectivity index (χ3n) is 2.94. The summed E-state index contributed by atoms with van der Waals surface area (Å²) in [7, 11) is 0. The minimum atomic E-state index is -0.248. The molecule has 4 heteroatoms. The van der Waals surface area contributed by atoms with E-state index in [1.165, 1.54) is 12.1 Å². The molecule has 3 rings (SSSR count). The summed E-state index contributed by atoms with van der Waals surface area (Å²) in [6.45, 7) is 0.787. The van der Waals surface area contributed by atoms with Crippen molar-refractivity contribution >= 4 is 10.9 Å². The molecule has 1 aromatic carbocycles. The molecule has 2 aromatic rings. The lowest BCUT2D eigenvalue weighted by Gasteiger charge is -2.22. The van der Waals surface area contributed by atoms with Gasteiger partial charge in [-0.15, -0.1) is 0 Å². The Morgan fingerprint density at radius 3 is 3.12 bits per heavy atom. The van der Waals surface area contributed by atoms with Gasteiger partial charge < -0.3 is 4.74 Å². The maximum absolute atomic E-state index is 13.0. The molecule has 0 radical (unpaired) electrons. The molecule has 16 heavy (non-hydrogen) atoms. The molecule has 1 atom stereocenters. The first-order valence-corrected chi connectivity index (χ1v) is 5.59. The third-order valence-corrected chi connectivity index (χ3v) is 2.94. The Labute approximate surface area is 92.8 Å². The van der Waals surface area contributed by atoms with Crippen LogP contribution >= 0.6 is 0 Å². The molecule has 1 unspecified atom stereocenters. The second kappa shape index (κ2) is 3.87. The molecule has 0 saturated carbocycles. The monoisotopic (exact) mass is 220 g/mol. The van der Waals surface area contributed by atoms with Gasteiger partial charge in [-0.1, -0.05) is 0 Å². The van der Waals surface area contributed by atoms with Crippen molar-refractivity contribution in [2.24, 2.45) is 0 Å². The molecule has 84 valence electrons. The predicted octanol–water partition coefficient (Wildman–Crippen LogP) is 2.87. The van der Waals surface area contributed by atoms with Crippen molar-refractivity contribution in [3.05, 3.63) is 30.2 Å². The van der Waals surface area contributed by atoms with Gasteiger partial charge in [0.1, 0.15) is 12.0 Å². The van der Waals surface area contributed by atoms with Gasteiger partial charge in [0, 0.05) is 24.3 Å². The Morgan fingerprint density at radius 2 is 2.31 bits per heavy atom. The van der Waals surface area contributed by atoms with Gasteiger partial charge in [-0.3, -0.25) is 0 Å². The van der Waals surface area contributed by atoms with Gasteiger partial charge in [0.15, 0.2) is 0 Å². The van der Waals surface area contributed by atoms with E-state index in [4.69, 9.17) is 4.74 Å². The second-order valence-corrected chi connectivity index (χ2v) is 4.13. The minimum absolute atomic E-state index is 0.0178. The lowest BCUT2D eigenvalue weighted by molar-refractivity contribution is -0.0390. The van der Waals surface area contributed by atoms with Crippen LogP contribution in [0.4, 0.5) is 4.39 Å². The molecule has 0 aliphatic carbocycles. The Balaban J connectivity index is 1.97. The van der Waals surface area contributed by atoms with Crippen LogP contribution in [0.3, 0.4) is 0 Å². The average Bonchev–Trinajstić information content (AvgIpc) is 2.73. The topological polar surface area (TPSA) is 27.1 Å². The summed E-state index contributed by atoms with van der Waals surface area (Å²) in [6.07, 6.45) is 5.20. The molecule has 0 bridgehead atoms. The number of hydrogen-bond donors (Lipinski definition) is 0. The van der Waals surface area contributed by atoms with Gasteiger partial charge >= 0.3 is 0 Å². The zero-order chi connectivity index (χ0) is 11.0. The molecular weight excluding hydrogens is 207 g/mol. The van der Waals surface area contributed by atoms with E-state index in [1.807, 2.05) is 10.9 Å². The molecule has 1 aliphatic heterocycles.